The summed E-state index contributed by atoms with van der Waals surface area (Å²) in [5.41, 5.74) is 2.84. The first-order valence-electron chi connectivity index (χ1n) is 6.03. The predicted molar refractivity (Wildman–Crippen MR) is 62.6 cm³/mol. The second-order valence-corrected chi connectivity index (χ2v) is 4.07. The Bertz CT molecular complexity index is 237. The van der Waals surface area contributed by atoms with Crippen LogP contribution in [0.3, 0.4) is 0 Å². The molecule has 0 aliphatic rings. The van der Waals surface area contributed by atoms with Crippen LogP contribution in [0, 0.1) is 0 Å². The van der Waals surface area contributed by atoms with Gasteiger partial charge in [-0.2, -0.15) is 0 Å². The molecule has 0 spiro atoms. The number of H-pyrrole nitrogens is 1. The molecule has 0 saturated carbocycles. The van der Waals surface area contributed by atoms with Crippen molar-refractivity contribution in [3.8, 4) is 0 Å². The van der Waals surface area contributed by atoms with Crippen LogP contribution in [0.15, 0.2) is 12.1 Å². The topological polar surface area (TPSA) is 15.8 Å². The van der Waals surface area contributed by atoms with Crippen LogP contribution in [0.4, 0.5) is 0 Å². The second-order valence-electron chi connectivity index (χ2n) is 4.07. The molecule has 0 atom stereocenters. The van der Waals surface area contributed by atoms with Gasteiger partial charge in [-0.1, -0.05) is 33.1 Å². The Morgan fingerprint density at radius 1 is 0.857 bits per heavy atom. The highest BCUT2D eigenvalue weighted by atomic mass is 14.7. The Labute approximate surface area is 87.9 Å². The molecule has 0 aliphatic carbocycles. The standard InChI is InChI=1S/C13H23N/c1-3-5-7-9-13-11-10-12(14-13)8-6-4-2/h10-11,14H,3-9H2,1-2H3. The molecule has 0 saturated heterocycles. The van der Waals surface area contributed by atoms with Crippen molar-refractivity contribution < 1.29 is 0 Å². The maximum Gasteiger partial charge on any atom is 0.0149 e. The van der Waals surface area contributed by atoms with Crippen molar-refractivity contribution in [1.82, 2.24) is 4.98 Å². The number of nitrogens with one attached hydrogen (secondary N) is 1. The van der Waals surface area contributed by atoms with Gasteiger partial charge in [0.1, 0.15) is 0 Å². The Hall–Kier alpha value is -0.720. The molecule has 0 unspecified atom stereocenters. The smallest absolute Gasteiger partial charge is 0.0149 e. The van der Waals surface area contributed by atoms with Crippen LogP contribution in [-0.2, 0) is 12.8 Å². The minimum Gasteiger partial charge on any atom is -0.362 e. The fraction of sp³-hybridized carbons (Fsp3) is 0.692. The second kappa shape index (κ2) is 6.69. The van der Waals surface area contributed by atoms with Gasteiger partial charge in [0.2, 0.25) is 0 Å². The van der Waals surface area contributed by atoms with E-state index in [2.05, 4.69) is 31.0 Å². The van der Waals surface area contributed by atoms with Crippen LogP contribution in [0.25, 0.3) is 0 Å². The Kier molecular flexibility index (Phi) is 5.43. The predicted octanol–water partition coefficient (Wildman–Crippen LogP) is 4.09. The summed E-state index contributed by atoms with van der Waals surface area (Å²) in [5, 5.41) is 0. The van der Waals surface area contributed by atoms with Gasteiger partial charge in [0.15, 0.2) is 0 Å². The maximum absolute atomic E-state index is 3.51. The average molecular weight is 193 g/mol. The fourth-order valence-electron chi connectivity index (χ4n) is 1.72. The normalized spacial score (nSPS) is 10.7. The molecule has 80 valence electrons. The first-order valence-corrected chi connectivity index (χ1v) is 6.03. The lowest BCUT2D eigenvalue weighted by Gasteiger charge is -1.97. The van der Waals surface area contributed by atoms with Crippen LogP contribution in [0.5, 0.6) is 0 Å². The van der Waals surface area contributed by atoms with Crippen LogP contribution in [-0.4, -0.2) is 4.98 Å². The van der Waals surface area contributed by atoms with E-state index >= 15 is 0 Å². The summed E-state index contributed by atoms with van der Waals surface area (Å²) in [4.78, 5) is 3.51. The largest absolute Gasteiger partial charge is 0.362 e. The zero-order valence-corrected chi connectivity index (χ0v) is 9.60. The maximum atomic E-state index is 3.51. The van der Waals surface area contributed by atoms with Gasteiger partial charge in [0.25, 0.3) is 0 Å². The molecular formula is C13H23N. The summed E-state index contributed by atoms with van der Waals surface area (Å²) in [6.45, 7) is 4.49. The minimum atomic E-state index is 1.21. The summed E-state index contributed by atoms with van der Waals surface area (Å²) in [6.07, 6.45) is 9.00. The van der Waals surface area contributed by atoms with E-state index in [0.717, 1.165) is 0 Å². The van der Waals surface area contributed by atoms with Crippen LogP contribution in [0.2, 0.25) is 0 Å². The van der Waals surface area contributed by atoms with E-state index in [0.29, 0.717) is 0 Å². The van der Waals surface area contributed by atoms with Gasteiger partial charge < -0.3 is 4.98 Å². The van der Waals surface area contributed by atoms with Crippen molar-refractivity contribution in [3.05, 3.63) is 23.5 Å². The monoisotopic (exact) mass is 193 g/mol. The highest BCUT2D eigenvalue weighted by Crippen LogP contribution is 2.09. The number of aromatic nitrogens is 1. The lowest BCUT2D eigenvalue weighted by molar-refractivity contribution is 0.705. The third-order valence-corrected chi connectivity index (χ3v) is 2.66. The van der Waals surface area contributed by atoms with Crippen molar-refractivity contribution in [1.29, 1.82) is 0 Å². The number of hydrogen-bond donors (Lipinski definition) is 1. The summed E-state index contributed by atoms with van der Waals surface area (Å²) < 4.78 is 0. The van der Waals surface area contributed by atoms with Gasteiger partial charge >= 0.3 is 0 Å². The first kappa shape index (κ1) is 11.4. The molecule has 1 aromatic heterocycles. The average Bonchev–Trinajstić information content (AvgIpc) is 2.63. The molecule has 0 fully saturated rings. The van der Waals surface area contributed by atoms with Gasteiger partial charge in [-0.05, 0) is 37.8 Å². The van der Waals surface area contributed by atoms with Crippen LogP contribution >= 0.6 is 0 Å². The van der Waals surface area contributed by atoms with Crippen molar-refractivity contribution in [2.45, 2.75) is 58.8 Å². The Morgan fingerprint density at radius 2 is 1.43 bits per heavy atom. The number of aryl methyl sites for hydroxylation is 2. The highest BCUT2D eigenvalue weighted by molar-refractivity contribution is 5.13. The summed E-state index contributed by atoms with van der Waals surface area (Å²) >= 11 is 0. The molecule has 1 N–H and O–H groups in total. The first-order chi connectivity index (χ1) is 6.86. The quantitative estimate of drug-likeness (QED) is 0.628. The van der Waals surface area contributed by atoms with Gasteiger partial charge in [0.05, 0.1) is 0 Å². The van der Waals surface area contributed by atoms with Gasteiger partial charge in [-0.3, -0.25) is 0 Å². The van der Waals surface area contributed by atoms with E-state index in [9.17, 15) is 0 Å². The van der Waals surface area contributed by atoms with E-state index in [1.165, 1.54) is 56.3 Å². The lowest BCUT2D eigenvalue weighted by atomic mass is 10.2. The number of hydrogen-bond acceptors (Lipinski definition) is 0. The Balaban J connectivity index is 2.27. The van der Waals surface area contributed by atoms with E-state index in [-0.39, 0.29) is 0 Å². The summed E-state index contributed by atoms with van der Waals surface area (Å²) in [5.74, 6) is 0. The van der Waals surface area contributed by atoms with E-state index in [1.54, 1.807) is 0 Å². The molecule has 1 rings (SSSR count). The molecule has 1 heterocycles. The number of rotatable bonds is 7. The third kappa shape index (κ3) is 3.99. The minimum absolute atomic E-state index is 1.21. The molecule has 1 nitrogen and oxygen atoms in total. The molecule has 0 radical (unpaired) electrons. The van der Waals surface area contributed by atoms with E-state index < -0.39 is 0 Å². The fourth-order valence-corrected chi connectivity index (χ4v) is 1.72. The van der Waals surface area contributed by atoms with Crippen molar-refractivity contribution >= 4 is 0 Å². The lowest BCUT2D eigenvalue weighted by Crippen LogP contribution is -1.88. The highest BCUT2D eigenvalue weighted by Gasteiger charge is 1.97. The van der Waals surface area contributed by atoms with Gasteiger partial charge in [-0.15, -0.1) is 0 Å². The summed E-state index contributed by atoms with van der Waals surface area (Å²) in [7, 11) is 0. The molecule has 0 aromatic carbocycles. The van der Waals surface area contributed by atoms with Crippen LogP contribution in [0.1, 0.15) is 57.3 Å². The molecule has 1 heteroatoms. The number of aromatic amines is 1. The van der Waals surface area contributed by atoms with Crippen LogP contribution < -0.4 is 0 Å². The SMILES string of the molecule is CCCCCc1ccc(CCCC)[nH]1. The van der Waals surface area contributed by atoms with Gasteiger partial charge in [-0.25, -0.2) is 0 Å². The third-order valence-electron chi connectivity index (χ3n) is 2.66. The molecule has 0 aliphatic heterocycles. The molecular weight excluding hydrogens is 170 g/mol. The van der Waals surface area contributed by atoms with Crippen molar-refractivity contribution in [2.75, 3.05) is 0 Å². The molecule has 1 aromatic rings. The summed E-state index contributed by atoms with van der Waals surface area (Å²) in [6, 6.07) is 4.50. The molecule has 0 amide bonds. The van der Waals surface area contributed by atoms with Gasteiger partial charge in [0, 0.05) is 11.4 Å². The Morgan fingerprint density at radius 3 is 2.00 bits per heavy atom. The zero-order valence-electron chi connectivity index (χ0n) is 9.60. The van der Waals surface area contributed by atoms with Crippen molar-refractivity contribution in [2.24, 2.45) is 0 Å². The molecule has 14 heavy (non-hydrogen) atoms. The molecule has 0 bridgehead atoms. The van der Waals surface area contributed by atoms with E-state index in [4.69, 9.17) is 0 Å². The van der Waals surface area contributed by atoms with E-state index in [1.807, 2.05) is 0 Å². The van der Waals surface area contributed by atoms with Crippen molar-refractivity contribution in [3.63, 3.8) is 0 Å². The zero-order chi connectivity index (χ0) is 10.2. The number of unbranched alkanes of at least 4 members (excludes halogenated alkanes) is 3.